The number of carbonyl (C=O) groups excluding carboxylic acids is 2. The van der Waals surface area contributed by atoms with Crippen molar-refractivity contribution < 1.29 is 9.59 Å². The highest BCUT2D eigenvalue weighted by atomic mass is 35.5. The van der Waals surface area contributed by atoms with Gasteiger partial charge in [-0.2, -0.15) is 0 Å². The number of rotatable bonds is 5. The quantitative estimate of drug-likeness (QED) is 0.836. The van der Waals surface area contributed by atoms with E-state index >= 15 is 0 Å². The summed E-state index contributed by atoms with van der Waals surface area (Å²) in [4.78, 5) is 28.4. The van der Waals surface area contributed by atoms with E-state index in [0.717, 1.165) is 5.56 Å². The van der Waals surface area contributed by atoms with Gasteiger partial charge in [0.2, 0.25) is 11.8 Å². The van der Waals surface area contributed by atoms with Crippen molar-refractivity contribution in [3.63, 3.8) is 0 Å². The molecule has 1 aromatic carbocycles. The van der Waals surface area contributed by atoms with E-state index in [0.29, 0.717) is 30.5 Å². The summed E-state index contributed by atoms with van der Waals surface area (Å²) < 4.78 is 0. The average Bonchev–Trinajstić information content (AvgIpc) is 2.48. The van der Waals surface area contributed by atoms with E-state index in [2.05, 4.69) is 13.8 Å². The van der Waals surface area contributed by atoms with E-state index in [1.807, 2.05) is 31.2 Å². The van der Waals surface area contributed by atoms with Crippen molar-refractivity contribution in [2.45, 2.75) is 39.8 Å². The van der Waals surface area contributed by atoms with Crippen LogP contribution in [0.25, 0.3) is 0 Å². The number of hydrogen-bond acceptors (Lipinski definition) is 2. The number of benzene rings is 1. The molecule has 22 heavy (non-hydrogen) atoms. The average molecular weight is 323 g/mol. The molecule has 0 bridgehead atoms. The zero-order valence-electron chi connectivity index (χ0n) is 13.4. The van der Waals surface area contributed by atoms with Crippen LogP contribution in [-0.2, 0) is 16.1 Å². The molecule has 1 fully saturated rings. The lowest BCUT2D eigenvalue weighted by Crippen LogP contribution is -2.59. The van der Waals surface area contributed by atoms with Gasteiger partial charge in [-0.3, -0.25) is 9.59 Å². The summed E-state index contributed by atoms with van der Waals surface area (Å²) in [7, 11) is 0. The minimum Gasteiger partial charge on any atom is -0.332 e. The van der Waals surface area contributed by atoms with E-state index in [1.54, 1.807) is 9.80 Å². The number of piperazine rings is 1. The molecule has 2 rings (SSSR count). The fraction of sp³-hybridized carbons (Fsp3) is 0.529. The van der Waals surface area contributed by atoms with Crippen molar-refractivity contribution in [3.05, 3.63) is 34.9 Å². The van der Waals surface area contributed by atoms with Gasteiger partial charge in [-0.15, -0.1) is 0 Å². The number of amides is 2. The molecule has 2 amide bonds. The molecular formula is C17H23ClN2O2. The Labute approximate surface area is 137 Å². The highest BCUT2D eigenvalue weighted by Crippen LogP contribution is 2.22. The Hall–Kier alpha value is -1.55. The van der Waals surface area contributed by atoms with E-state index < -0.39 is 0 Å². The predicted molar refractivity (Wildman–Crippen MR) is 87.5 cm³/mol. The molecule has 4 nitrogen and oxygen atoms in total. The molecule has 0 N–H and O–H groups in total. The standard InChI is InChI=1S/C17H23ClN2O2/c1-4-19-11-16(21)20(15(17(19)22)9-12(2)3)10-13-5-7-14(18)8-6-13/h5-8,12,15H,4,9-11H2,1-3H3/t15-/m0/s1. The Morgan fingerprint density at radius 2 is 1.86 bits per heavy atom. The molecule has 0 saturated carbocycles. The van der Waals surface area contributed by atoms with Crippen LogP contribution in [0.5, 0.6) is 0 Å². The summed E-state index contributed by atoms with van der Waals surface area (Å²) in [6.07, 6.45) is 0.689. The third kappa shape index (κ3) is 3.80. The van der Waals surface area contributed by atoms with Gasteiger partial charge >= 0.3 is 0 Å². The van der Waals surface area contributed by atoms with Crippen LogP contribution in [-0.4, -0.2) is 40.7 Å². The van der Waals surface area contributed by atoms with Crippen LogP contribution < -0.4 is 0 Å². The van der Waals surface area contributed by atoms with Crippen LogP contribution in [0.3, 0.4) is 0 Å². The van der Waals surface area contributed by atoms with Crippen LogP contribution in [0.4, 0.5) is 0 Å². The molecule has 0 aliphatic carbocycles. The Balaban J connectivity index is 2.22. The maximum atomic E-state index is 12.6. The maximum absolute atomic E-state index is 12.6. The number of hydrogen-bond donors (Lipinski definition) is 0. The fourth-order valence-corrected chi connectivity index (χ4v) is 2.90. The van der Waals surface area contributed by atoms with Crippen LogP contribution in [0, 0.1) is 5.92 Å². The van der Waals surface area contributed by atoms with E-state index in [-0.39, 0.29) is 24.4 Å². The molecule has 5 heteroatoms. The minimum absolute atomic E-state index is 0.0158. The van der Waals surface area contributed by atoms with Gasteiger partial charge < -0.3 is 9.80 Å². The Morgan fingerprint density at radius 1 is 1.23 bits per heavy atom. The van der Waals surface area contributed by atoms with Crippen molar-refractivity contribution in [3.8, 4) is 0 Å². The molecule has 0 radical (unpaired) electrons. The van der Waals surface area contributed by atoms with Crippen LogP contribution in [0.2, 0.25) is 5.02 Å². The third-order valence-corrected chi connectivity index (χ3v) is 4.21. The van der Waals surface area contributed by atoms with Crippen molar-refractivity contribution in [1.29, 1.82) is 0 Å². The molecule has 120 valence electrons. The van der Waals surface area contributed by atoms with Crippen LogP contribution in [0.15, 0.2) is 24.3 Å². The monoisotopic (exact) mass is 322 g/mol. The lowest BCUT2D eigenvalue weighted by Gasteiger charge is -2.40. The molecule has 0 unspecified atom stereocenters. The summed E-state index contributed by atoms with van der Waals surface area (Å²) in [5.41, 5.74) is 0.990. The summed E-state index contributed by atoms with van der Waals surface area (Å²) in [6.45, 7) is 7.26. The van der Waals surface area contributed by atoms with Gasteiger partial charge in [0.15, 0.2) is 0 Å². The smallest absolute Gasteiger partial charge is 0.245 e. The molecule has 1 aromatic rings. The Bertz CT molecular complexity index is 542. The lowest BCUT2D eigenvalue weighted by molar-refractivity contribution is -0.157. The molecule has 1 aliphatic rings. The topological polar surface area (TPSA) is 40.6 Å². The highest BCUT2D eigenvalue weighted by molar-refractivity contribution is 6.30. The molecule has 0 aromatic heterocycles. The molecule has 1 aliphatic heterocycles. The number of nitrogens with zero attached hydrogens (tertiary/aromatic N) is 2. The first-order valence-corrected chi connectivity index (χ1v) is 8.12. The minimum atomic E-state index is -0.364. The normalized spacial score (nSPS) is 19.2. The van der Waals surface area contributed by atoms with Gasteiger partial charge in [-0.05, 0) is 37.0 Å². The number of likely N-dealkylation sites (N-methyl/N-ethyl adjacent to an activating group) is 1. The van der Waals surface area contributed by atoms with Gasteiger partial charge in [-0.1, -0.05) is 37.6 Å². The first kappa shape index (κ1) is 16.8. The second kappa shape index (κ2) is 7.14. The lowest BCUT2D eigenvalue weighted by atomic mass is 9.98. The van der Waals surface area contributed by atoms with Crippen molar-refractivity contribution in [1.82, 2.24) is 9.80 Å². The van der Waals surface area contributed by atoms with Gasteiger partial charge in [0.1, 0.15) is 6.04 Å². The van der Waals surface area contributed by atoms with Crippen molar-refractivity contribution >= 4 is 23.4 Å². The van der Waals surface area contributed by atoms with E-state index in [1.165, 1.54) is 0 Å². The van der Waals surface area contributed by atoms with Gasteiger partial charge in [-0.25, -0.2) is 0 Å². The van der Waals surface area contributed by atoms with E-state index in [4.69, 9.17) is 11.6 Å². The Kier molecular flexibility index (Phi) is 5.46. The highest BCUT2D eigenvalue weighted by Gasteiger charge is 2.38. The van der Waals surface area contributed by atoms with Gasteiger partial charge in [0, 0.05) is 18.1 Å². The molecule has 0 spiro atoms. The van der Waals surface area contributed by atoms with Crippen molar-refractivity contribution in [2.75, 3.05) is 13.1 Å². The van der Waals surface area contributed by atoms with Crippen LogP contribution >= 0.6 is 11.6 Å². The fourth-order valence-electron chi connectivity index (χ4n) is 2.78. The number of carbonyl (C=O) groups is 2. The zero-order chi connectivity index (χ0) is 16.3. The largest absolute Gasteiger partial charge is 0.332 e. The SMILES string of the molecule is CCN1CC(=O)N(Cc2ccc(Cl)cc2)[C@@H](CC(C)C)C1=O. The van der Waals surface area contributed by atoms with Crippen molar-refractivity contribution in [2.24, 2.45) is 5.92 Å². The van der Waals surface area contributed by atoms with Crippen LogP contribution in [0.1, 0.15) is 32.8 Å². The second-order valence-corrected chi connectivity index (χ2v) is 6.58. The molecule has 1 heterocycles. The second-order valence-electron chi connectivity index (χ2n) is 6.15. The van der Waals surface area contributed by atoms with E-state index in [9.17, 15) is 9.59 Å². The van der Waals surface area contributed by atoms with Gasteiger partial charge in [0.05, 0.1) is 6.54 Å². The first-order valence-electron chi connectivity index (χ1n) is 7.75. The number of halogens is 1. The summed E-state index contributed by atoms with van der Waals surface area (Å²) in [5, 5.41) is 0.667. The third-order valence-electron chi connectivity index (χ3n) is 3.96. The summed E-state index contributed by atoms with van der Waals surface area (Å²) >= 11 is 5.90. The zero-order valence-corrected chi connectivity index (χ0v) is 14.1. The molecule has 1 atom stereocenters. The predicted octanol–water partition coefficient (Wildman–Crippen LogP) is 2.95. The summed E-state index contributed by atoms with van der Waals surface area (Å²) in [6, 6.07) is 7.06. The van der Waals surface area contributed by atoms with Gasteiger partial charge in [0.25, 0.3) is 0 Å². The molecular weight excluding hydrogens is 300 g/mol. The Morgan fingerprint density at radius 3 is 2.41 bits per heavy atom. The molecule has 1 saturated heterocycles. The maximum Gasteiger partial charge on any atom is 0.245 e. The first-order chi connectivity index (χ1) is 10.4. The summed E-state index contributed by atoms with van der Waals surface area (Å²) in [5.74, 6) is 0.429.